The summed E-state index contributed by atoms with van der Waals surface area (Å²) in [6.45, 7) is 0.683. The molecule has 2 aliphatic rings. The summed E-state index contributed by atoms with van der Waals surface area (Å²) >= 11 is 0. The molecule has 0 radical (unpaired) electrons. The van der Waals surface area contributed by atoms with Gasteiger partial charge in [0, 0.05) is 18.5 Å². The third kappa shape index (κ3) is 3.14. The standard InChI is InChI=1S/C22H26FN3O/c1-25(2)22(17-6-4-3-5-7-17)12-10-21(11-13-22)14-20(27)26(16-21)19-9-8-18(23)15-24-19/h3-9,15H,10-14,16H2,1-2H3. The van der Waals surface area contributed by atoms with Crippen LogP contribution in [0.1, 0.15) is 37.7 Å². The van der Waals surface area contributed by atoms with Crippen LogP contribution in [0, 0.1) is 11.2 Å². The van der Waals surface area contributed by atoms with E-state index < -0.39 is 0 Å². The SMILES string of the molecule is CN(C)C1(c2ccccc2)CCC2(CC1)CC(=O)N(c1ccc(F)cn1)C2. The molecule has 1 saturated carbocycles. The molecule has 0 bridgehead atoms. The van der Waals surface area contributed by atoms with Crippen LogP contribution in [0.3, 0.4) is 0 Å². The number of halogens is 1. The van der Waals surface area contributed by atoms with Crippen LogP contribution >= 0.6 is 0 Å². The van der Waals surface area contributed by atoms with Gasteiger partial charge in [0.05, 0.1) is 6.20 Å². The first-order chi connectivity index (χ1) is 12.9. The third-order valence-electron chi connectivity index (χ3n) is 6.61. The molecule has 1 spiro atoms. The Bertz CT molecular complexity index is 811. The summed E-state index contributed by atoms with van der Waals surface area (Å²) in [6, 6.07) is 13.7. The number of aromatic nitrogens is 1. The van der Waals surface area contributed by atoms with E-state index in [1.807, 2.05) is 0 Å². The van der Waals surface area contributed by atoms with Gasteiger partial charge < -0.3 is 0 Å². The molecular formula is C22H26FN3O. The van der Waals surface area contributed by atoms with Crippen molar-refractivity contribution >= 4 is 11.7 Å². The van der Waals surface area contributed by atoms with Crippen molar-refractivity contribution in [3.63, 3.8) is 0 Å². The van der Waals surface area contributed by atoms with Crippen molar-refractivity contribution in [3.05, 3.63) is 60.0 Å². The number of anilines is 1. The number of benzene rings is 1. The summed E-state index contributed by atoms with van der Waals surface area (Å²) < 4.78 is 13.2. The van der Waals surface area contributed by atoms with Crippen molar-refractivity contribution in [2.45, 2.75) is 37.6 Å². The molecule has 1 aliphatic carbocycles. The van der Waals surface area contributed by atoms with Crippen LogP contribution in [0.5, 0.6) is 0 Å². The lowest BCUT2D eigenvalue weighted by molar-refractivity contribution is -0.118. The number of pyridine rings is 1. The lowest BCUT2D eigenvalue weighted by Crippen LogP contribution is -2.47. The van der Waals surface area contributed by atoms with E-state index in [0.717, 1.165) is 25.7 Å². The number of amides is 1. The van der Waals surface area contributed by atoms with E-state index in [4.69, 9.17) is 0 Å². The quantitative estimate of drug-likeness (QED) is 0.823. The molecule has 2 aromatic rings. The van der Waals surface area contributed by atoms with Gasteiger partial charge in [0.25, 0.3) is 0 Å². The monoisotopic (exact) mass is 367 g/mol. The van der Waals surface area contributed by atoms with Crippen molar-refractivity contribution in [1.29, 1.82) is 0 Å². The fourth-order valence-corrected chi connectivity index (χ4v) is 4.90. The van der Waals surface area contributed by atoms with Crippen LogP contribution < -0.4 is 4.90 Å². The Hall–Kier alpha value is -2.27. The highest BCUT2D eigenvalue weighted by Gasteiger charge is 2.50. The van der Waals surface area contributed by atoms with E-state index in [1.54, 1.807) is 11.0 Å². The second-order valence-corrected chi connectivity index (χ2v) is 8.28. The number of rotatable bonds is 3. The van der Waals surface area contributed by atoms with E-state index >= 15 is 0 Å². The molecule has 1 aliphatic heterocycles. The van der Waals surface area contributed by atoms with Crippen molar-refractivity contribution in [1.82, 2.24) is 9.88 Å². The Balaban J connectivity index is 1.54. The van der Waals surface area contributed by atoms with Crippen LogP contribution in [0.2, 0.25) is 0 Å². The zero-order valence-corrected chi connectivity index (χ0v) is 16.0. The number of carbonyl (C=O) groups excluding carboxylic acids is 1. The van der Waals surface area contributed by atoms with Crippen molar-refractivity contribution < 1.29 is 9.18 Å². The lowest BCUT2D eigenvalue weighted by atomic mass is 9.64. The minimum Gasteiger partial charge on any atom is -0.300 e. The summed E-state index contributed by atoms with van der Waals surface area (Å²) in [4.78, 5) is 20.9. The third-order valence-corrected chi connectivity index (χ3v) is 6.61. The molecule has 2 heterocycles. The summed E-state index contributed by atoms with van der Waals surface area (Å²) in [5, 5.41) is 0. The van der Waals surface area contributed by atoms with Crippen LogP contribution in [0.15, 0.2) is 48.7 Å². The highest BCUT2D eigenvalue weighted by molar-refractivity contribution is 5.95. The predicted molar refractivity (Wildman–Crippen MR) is 104 cm³/mol. The zero-order chi connectivity index (χ0) is 19.1. The Labute approximate surface area is 160 Å². The first-order valence-electron chi connectivity index (χ1n) is 9.59. The largest absolute Gasteiger partial charge is 0.300 e. The minimum absolute atomic E-state index is 0.00143. The Kier molecular flexibility index (Phi) is 4.50. The highest BCUT2D eigenvalue weighted by Crippen LogP contribution is 2.52. The number of carbonyl (C=O) groups is 1. The van der Waals surface area contributed by atoms with Crippen molar-refractivity contribution in [3.8, 4) is 0 Å². The van der Waals surface area contributed by atoms with Crippen LogP contribution in [-0.4, -0.2) is 36.4 Å². The Morgan fingerprint density at radius 3 is 2.33 bits per heavy atom. The molecule has 4 nitrogen and oxygen atoms in total. The van der Waals surface area contributed by atoms with E-state index in [-0.39, 0.29) is 22.7 Å². The van der Waals surface area contributed by atoms with Gasteiger partial charge >= 0.3 is 0 Å². The molecule has 2 fully saturated rings. The lowest BCUT2D eigenvalue weighted by Gasteiger charge is -2.48. The highest BCUT2D eigenvalue weighted by atomic mass is 19.1. The summed E-state index contributed by atoms with van der Waals surface area (Å²) in [5.41, 5.74) is 1.38. The molecule has 27 heavy (non-hydrogen) atoms. The molecule has 1 amide bonds. The van der Waals surface area contributed by atoms with E-state index in [1.165, 1.54) is 17.8 Å². The molecule has 1 saturated heterocycles. The van der Waals surface area contributed by atoms with Crippen molar-refractivity contribution in [2.24, 2.45) is 5.41 Å². The second kappa shape index (κ2) is 6.71. The normalized spacial score (nSPS) is 28.3. The fraction of sp³-hybridized carbons (Fsp3) is 0.455. The van der Waals surface area contributed by atoms with Crippen LogP contribution in [0.4, 0.5) is 10.2 Å². The molecule has 1 aromatic carbocycles. The number of hydrogen-bond donors (Lipinski definition) is 0. The molecule has 5 heteroatoms. The molecule has 0 atom stereocenters. The zero-order valence-electron chi connectivity index (χ0n) is 16.0. The summed E-state index contributed by atoms with van der Waals surface area (Å²) in [5.74, 6) is 0.286. The maximum atomic E-state index is 13.2. The number of hydrogen-bond acceptors (Lipinski definition) is 3. The maximum Gasteiger partial charge on any atom is 0.228 e. The smallest absolute Gasteiger partial charge is 0.228 e. The summed E-state index contributed by atoms with van der Waals surface area (Å²) in [7, 11) is 4.30. The molecular weight excluding hydrogens is 341 g/mol. The molecule has 4 rings (SSSR count). The van der Waals surface area contributed by atoms with Gasteiger partial charge in [-0.2, -0.15) is 0 Å². The average Bonchev–Trinajstić information content (AvgIpc) is 3.00. The van der Waals surface area contributed by atoms with Crippen molar-refractivity contribution in [2.75, 3.05) is 25.5 Å². The van der Waals surface area contributed by atoms with Gasteiger partial charge in [0.1, 0.15) is 11.6 Å². The van der Waals surface area contributed by atoms with Gasteiger partial charge in [-0.05, 0) is 62.9 Å². The Morgan fingerprint density at radius 2 is 1.74 bits per heavy atom. The molecule has 0 N–H and O–H groups in total. The first kappa shape index (κ1) is 18.1. The fourth-order valence-electron chi connectivity index (χ4n) is 4.90. The number of nitrogens with zero attached hydrogens (tertiary/aromatic N) is 3. The van der Waals surface area contributed by atoms with Crippen LogP contribution in [0.25, 0.3) is 0 Å². The van der Waals surface area contributed by atoms with Gasteiger partial charge in [-0.3, -0.25) is 14.6 Å². The Morgan fingerprint density at radius 1 is 1.04 bits per heavy atom. The van der Waals surface area contributed by atoms with Gasteiger partial charge in [0.15, 0.2) is 0 Å². The van der Waals surface area contributed by atoms with E-state index in [9.17, 15) is 9.18 Å². The first-order valence-corrected chi connectivity index (χ1v) is 9.59. The molecule has 1 aromatic heterocycles. The predicted octanol–water partition coefficient (Wildman–Crippen LogP) is 3.97. The van der Waals surface area contributed by atoms with Gasteiger partial charge in [-0.15, -0.1) is 0 Å². The second-order valence-electron chi connectivity index (χ2n) is 8.28. The van der Waals surface area contributed by atoms with Crippen LogP contribution in [-0.2, 0) is 10.3 Å². The van der Waals surface area contributed by atoms with Gasteiger partial charge in [-0.25, -0.2) is 9.37 Å². The van der Waals surface area contributed by atoms with Gasteiger partial charge in [0.2, 0.25) is 5.91 Å². The van der Waals surface area contributed by atoms with E-state index in [0.29, 0.717) is 18.8 Å². The summed E-state index contributed by atoms with van der Waals surface area (Å²) in [6.07, 6.45) is 5.81. The van der Waals surface area contributed by atoms with Gasteiger partial charge in [-0.1, -0.05) is 30.3 Å². The van der Waals surface area contributed by atoms with E-state index in [2.05, 4.69) is 54.3 Å². The molecule has 0 unspecified atom stereocenters. The maximum absolute atomic E-state index is 13.2. The topological polar surface area (TPSA) is 36.4 Å². The minimum atomic E-state index is -0.378. The molecule has 142 valence electrons. The average molecular weight is 367 g/mol.